The average Bonchev–Trinajstić information content (AvgIpc) is 3.13. The van der Waals surface area contributed by atoms with Gasteiger partial charge in [-0.2, -0.15) is 0 Å². The molecule has 2 aliphatic rings. The molecule has 0 atom stereocenters. The van der Waals surface area contributed by atoms with Crippen molar-refractivity contribution in [2.24, 2.45) is 0 Å². The van der Waals surface area contributed by atoms with Crippen LogP contribution in [-0.4, -0.2) is 41.6 Å². The van der Waals surface area contributed by atoms with Gasteiger partial charge < -0.3 is 14.8 Å². The number of piperazine rings is 1. The summed E-state index contributed by atoms with van der Waals surface area (Å²) in [6.07, 6.45) is 4.43. The summed E-state index contributed by atoms with van der Waals surface area (Å²) in [5.41, 5.74) is 0.835. The van der Waals surface area contributed by atoms with Gasteiger partial charge in [0.25, 0.3) is 5.91 Å². The highest BCUT2D eigenvalue weighted by Crippen LogP contribution is 2.37. The summed E-state index contributed by atoms with van der Waals surface area (Å²) in [5.74, 6) is 0.170. The minimum Gasteiger partial charge on any atom is -0.339 e. The molecule has 0 radical (unpaired) electrons. The van der Waals surface area contributed by atoms with Crippen molar-refractivity contribution in [3.8, 4) is 0 Å². The van der Waals surface area contributed by atoms with Crippen LogP contribution in [0.2, 0.25) is 0 Å². The van der Waals surface area contributed by atoms with Gasteiger partial charge >= 0.3 is 0 Å². The van der Waals surface area contributed by atoms with E-state index in [0.29, 0.717) is 6.04 Å². The third-order valence-corrected chi connectivity index (χ3v) is 3.81. The quantitative estimate of drug-likeness (QED) is 0.901. The van der Waals surface area contributed by atoms with E-state index in [9.17, 15) is 4.79 Å². The molecule has 17 heavy (non-hydrogen) atoms. The Bertz CT molecular complexity index is 433. The Morgan fingerprint density at radius 1 is 1.35 bits per heavy atom. The SMILES string of the molecule is O=C(c1cc(Br)cn1C1CC1)N1CCNCC1. The summed E-state index contributed by atoms with van der Waals surface area (Å²) < 4.78 is 3.14. The van der Waals surface area contributed by atoms with Crippen molar-refractivity contribution in [1.29, 1.82) is 0 Å². The van der Waals surface area contributed by atoms with E-state index in [1.807, 2.05) is 17.2 Å². The minimum absolute atomic E-state index is 0.170. The Morgan fingerprint density at radius 3 is 2.71 bits per heavy atom. The van der Waals surface area contributed by atoms with E-state index in [4.69, 9.17) is 0 Å². The van der Waals surface area contributed by atoms with Gasteiger partial charge in [-0.1, -0.05) is 0 Å². The topological polar surface area (TPSA) is 37.3 Å². The Balaban J connectivity index is 1.84. The average molecular weight is 298 g/mol. The van der Waals surface area contributed by atoms with Crippen LogP contribution in [0.3, 0.4) is 0 Å². The van der Waals surface area contributed by atoms with Gasteiger partial charge in [0.2, 0.25) is 0 Å². The molecule has 1 N–H and O–H groups in total. The van der Waals surface area contributed by atoms with Crippen LogP contribution in [0.15, 0.2) is 16.7 Å². The van der Waals surface area contributed by atoms with Crippen LogP contribution in [0.1, 0.15) is 29.4 Å². The van der Waals surface area contributed by atoms with E-state index < -0.39 is 0 Å². The Kier molecular flexibility index (Phi) is 2.96. The van der Waals surface area contributed by atoms with Crippen LogP contribution in [0.5, 0.6) is 0 Å². The van der Waals surface area contributed by atoms with Gasteiger partial charge in [0.1, 0.15) is 5.69 Å². The maximum absolute atomic E-state index is 12.4. The zero-order valence-electron chi connectivity index (χ0n) is 9.66. The molecule has 0 unspecified atom stereocenters. The highest BCUT2D eigenvalue weighted by atomic mass is 79.9. The highest BCUT2D eigenvalue weighted by molar-refractivity contribution is 9.10. The van der Waals surface area contributed by atoms with E-state index in [0.717, 1.165) is 36.3 Å². The van der Waals surface area contributed by atoms with Crippen molar-refractivity contribution >= 4 is 21.8 Å². The molecule has 1 aliphatic heterocycles. The lowest BCUT2D eigenvalue weighted by molar-refractivity contribution is 0.0724. The van der Waals surface area contributed by atoms with Gasteiger partial charge in [0.15, 0.2) is 0 Å². The van der Waals surface area contributed by atoms with Crippen LogP contribution >= 0.6 is 15.9 Å². The fourth-order valence-electron chi connectivity index (χ4n) is 2.30. The van der Waals surface area contributed by atoms with Gasteiger partial charge in [0, 0.05) is 42.9 Å². The van der Waals surface area contributed by atoms with E-state index in [1.54, 1.807) is 0 Å². The van der Waals surface area contributed by atoms with Gasteiger partial charge in [-0.05, 0) is 34.8 Å². The number of nitrogens with one attached hydrogen (secondary N) is 1. The summed E-state index contributed by atoms with van der Waals surface area (Å²) in [6, 6.07) is 2.49. The Labute approximate surface area is 109 Å². The van der Waals surface area contributed by atoms with Crippen LogP contribution in [0, 0.1) is 0 Å². The molecule has 4 nitrogen and oxygen atoms in total. The Morgan fingerprint density at radius 2 is 2.06 bits per heavy atom. The zero-order valence-corrected chi connectivity index (χ0v) is 11.2. The first-order valence-electron chi connectivity index (χ1n) is 6.13. The van der Waals surface area contributed by atoms with Gasteiger partial charge in [0.05, 0.1) is 0 Å². The monoisotopic (exact) mass is 297 g/mol. The first-order valence-corrected chi connectivity index (χ1v) is 6.92. The summed E-state index contributed by atoms with van der Waals surface area (Å²) >= 11 is 3.47. The maximum Gasteiger partial charge on any atom is 0.270 e. The van der Waals surface area contributed by atoms with E-state index in [2.05, 4.69) is 25.8 Å². The minimum atomic E-state index is 0.170. The number of carbonyl (C=O) groups is 1. The molecule has 2 fully saturated rings. The number of amides is 1. The van der Waals surface area contributed by atoms with Crippen molar-refractivity contribution in [3.63, 3.8) is 0 Å². The molecular weight excluding hydrogens is 282 g/mol. The predicted octanol–water partition coefficient (Wildman–Crippen LogP) is 1.63. The lowest BCUT2D eigenvalue weighted by atomic mass is 10.3. The molecule has 1 aromatic heterocycles. The largest absolute Gasteiger partial charge is 0.339 e. The molecule has 0 bridgehead atoms. The first-order chi connectivity index (χ1) is 8.25. The van der Waals surface area contributed by atoms with Crippen LogP contribution < -0.4 is 5.32 Å². The van der Waals surface area contributed by atoms with E-state index >= 15 is 0 Å². The third-order valence-electron chi connectivity index (χ3n) is 3.38. The third kappa shape index (κ3) is 2.26. The van der Waals surface area contributed by atoms with Crippen molar-refractivity contribution in [2.45, 2.75) is 18.9 Å². The normalized spacial score (nSPS) is 20.6. The summed E-state index contributed by atoms with van der Waals surface area (Å²) in [6.45, 7) is 3.42. The fourth-order valence-corrected chi connectivity index (χ4v) is 2.74. The number of nitrogens with zero attached hydrogens (tertiary/aromatic N) is 2. The molecule has 5 heteroatoms. The van der Waals surface area contributed by atoms with Crippen molar-refractivity contribution in [1.82, 2.24) is 14.8 Å². The molecule has 1 aromatic rings. The van der Waals surface area contributed by atoms with Crippen LogP contribution in [0.25, 0.3) is 0 Å². The fraction of sp³-hybridized carbons (Fsp3) is 0.583. The molecule has 92 valence electrons. The second-order valence-electron chi connectivity index (χ2n) is 4.72. The van der Waals surface area contributed by atoms with Gasteiger partial charge in [-0.15, -0.1) is 0 Å². The Hall–Kier alpha value is -0.810. The molecule has 0 spiro atoms. The number of halogens is 1. The molecular formula is C12H16BrN3O. The zero-order chi connectivity index (χ0) is 11.8. The molecule has 0 aromatic carbocycles. The summed E-state index contributed by atoms with van der Waals surface area (Å²) in [5, 5.41) is 3.27. The number of carbonyl (C=O) groups excluding carboxylic acids is 1. The second kappa shape index (κ2) is 4.46. The molecule has 1 saturated heterocycles. The standard InChI is InChI=1S/C12H16BrN3O/c13-9-7-11(16(8-9)10-1-2-10)12(17)15-5-3-14-4-6-15/h7-8,10,14H,1-6H2. The van der Waals surface area contributed by atoms with Gasteiger partial charge in [-0.25, -0.2) is 0 Å². The number of hydrogen-bond donors (Lipinski definition) is 1. The van der Waals surface area contributed by atoms with Crippen molar-refractivity contribution < 1.29 is 4.79 Å². The molecule has 1 amide bonds. The summed E-state index contributed by atoms with van der Waals surface area (Å²) in [4.78, 5) is 14.4. The second-order valence-corrected chi connectivity index (χ2v) is 5.64. The maximum atomic E-state index is 12.4. The lowest BCUT2D eigenvalue weighted by Gasteiger charge is -2.27. The lowest BCUT2D eigenvalue weighted by Crippen LogP contribution is -2.46. The predicted molar refractivity (Wildman–Crippen MR) is 69.2 cm³/mol. The number of hydrogen-bond acceptors (Lipinski definition) is 2. The molecule has 1 saturated carbocycles. The highest BCUT2D eigenvalue weighted by Gasteiger charge is 2.29. The van der Waals surface area contributed by atoms with E-state index in [-0.39, 0.29) is 5.91 Å². The molecule has 3 rings (SSSR count). The van der Waals surface area contributed by atoms with Crippen molar-refractivity contribution in [3.05, 3.63) is 22.4 Å². The molecule has 1 aliphatic carbocycles. The van der Waals surface area contributed by atoms with Crippen LogP contribution in [0.4, 0.5) is 0 Å². The summed E-state index contributed by atoms with van der Waals surface area (Å²) in [7, 11) is 0. The number of aromatic nitrogens is 1. The first kappa shape index (κ1) is 11.3. The van der Waals surface area contributed by atoms with E-state index in [1.165, 1.54) is 12.8 Å². The van der Waals surface area contributed by atoms with Crippen molar-refractivity contribution in [2.75, 3.05) is 26.2 Å². The molecule has 2 heterocycles. The number of rotatable bonds is 2. The van der Waals surface area contributed by atoms with Crippen LogP contribution in [-0.2, 0) is 0 Å². The smallest absolute Gasteiger partial charge is 0.270 e. The van der Waals surface area contributed by atoms with Gasteiger partial charge in [-0.3, -0.25) is 4.79 Å².